The minimum absolute atomic E-state index is 0.398. The van der Waals surface area contributed by atoms with Gasteiger partial charge in [-0.25, -0.2) is 0 Å². The van der Waals surface area contributed by atoms with E-state index >= 15 is 0 Å². The lowest BCUT2D eigenvalue weighted by molar-refractivity contribution is -0.287. The van der Waals surface area contributed by atoms with Gasteiger partial charge in [0.05, 0.1) is 12.2 Å². The highest BCUT2D eigenvalue weighted by molar-refractivity contribution is 5.51. The van der Waals surface area contributed by atoms with Crippen molar-refractivity contribution in [3.8, 4) is 11.5 Å². The molecule has 0 aromatic heterocycles. The SMILES string of the molecule is OCc1cc(C(F)(F)F)cc2c1OC(F)(F)O2. The number of benzene rings is 1. The summed E-state index contributed by atoms with van der Waals surface area (Å²) >= 11 is 0. The highest BCUT2D eigenvalue weighted by Gasteiger charge is 2.46. The van der Waals surface area contributed by atoms with Crippen LogP contribution in [-0.4, -0.2) is 11.4 Å². The maximum Gasteiger partial charge on any atom is 0.586 e. The van der Waals surface area contributed by atoms with Crippen molar-refractivity contribution in [2.75, 3.05) is 0 Å². The number of aliphatic hydroxyl groups is 1. The Morgan fingerprint density at radius 3 is 2.35 bits per heavy atom. The van der Waals surface area contributed by atoms with E-state index in [0.717, 1.165) is 0 Å². The molecule has 0 bridgehead atoms. The van der Waals surface area contributed by atoms with Gasteiger partial charge in [0.15, 0.2) is 11.5 Å². The quantitative estimate of drug-likeness (QED) is 0.784. The highest BCUT2D eigenvalue weighted by Crippen LogP contribution is 2.46. The van der Waals surface area contributed by atoms with E-state index in [-0.39, 0.29) is 0 Å². The maximum atomic E-state index is 12.7. The van der Waals surface area contributed by atoms with Gasteiger partial charge in [-0.05, 0) is 12.1 Å². The topological polar surface area (TPSA) is 38.7 Å². The number of aliphatic hydroxyl groups excluding tert-OH is 1. The van der Waals surface area contributed by atoms with E-state index in [4.69, 9.17) is 5.11 Å². The third-order valence-corrected chi connectivity index (χ3v) is 2.08. The Morgan fingerprint density at radius 1 is 1.18 bits per heavy atom. The molecule has 17 heavy (non-hydrogen) atoms. The molecule has 0 radical (unpaired) electrons. The summed E-state index contributed by atoms with van der Waals surface area (Å²) in [6, 6.07) is 0.930. The number of halogens is 5. The molecular weight excluding hydrogens is 251 g/mol. The summed E-state index contributed by atoms with van der Waals surface area (Å²) in [6.07, 6.45) is -8.74. The van der Waals surface area contributed by atoms with Crippen LogP contribution in [0.4, 0.5) is 22.0 Å². The van der Waals surface area contributed by atoms with Gasteiger partial charge in [0.25, 0.3) is 0 Å². The third-order valence-electron chi connectivity index (χ3n) is 2.08. The second-order valence-corrected chi connectivity index (χ2v) is 3.29. The van der Waals surface area contributed by atoms with E-state index in [1.165, 1.54) is 0 Å². The molecule has 3 nitrogen and oxygen atoms in total. The van der Waals surface area contributed by atoms with Crippen LogP contribution in [0.3, 0.4) is 0 Å². The maximum absolute atomic E-state index is 12.7. The minimum Gasteiger partial charge on any atom is -0.395 e. The Balaban J connectivity index is 2.53. The van der Waals surface area contributed by atoms with Gasteiger partial charge in [-0.3, -0.25) is 0 Å². The lowest BCUT2D eigenvalue weighted by Crippen LogP contribution is -2.26. The zero-order valence-electron chi connectivity index (χ0n) is 8.02. The average molecular weight is 256 g/mol. The first-order chi connectivity index (χ1) is 7.73. The molecule has 0 atom stereocenters. The van der Waals surface area contributed by atoms with Crippen LogP contribution in [0.1, 0.15) is 11.1 Å². The molecule has 1 aliphatic rings. The van der Waals surface area contributed by atoms with Crippen molar-refractivity contribution in [2.24, 2.45) is 0 Å². The Labute approximate surface area is 91.4 Å². The van der Waals surface area contributed by atoms with Crippen LogP contribution in [0.25, 0.3) is 0 Å². The second-order valence-electron chi connectivity index (χ2n) is 3.29. The fourth-order valence-corrected chi connectivity index (χ4v) is 1.40. The summed E-state index contributed by atoms with van der Waals surface area (Å²) in [5, 5.41) is 8.81. The van der Waals surface area contributed by atoms with E-state index in [0.29, 0.717) is 12.1 Å². The number of rotatable bonds is 1. The van der Waals surface area contributed by atoms with Crippen molar-refractivity contribution >= 4 is 0 Å². The first-order valence-electron chi connectivity index (χ1n) is 4.34. The van der Waals surface area contributed by atoms with Crippen LogP contribution >= 0.6 is 0 Å². The Bertz CT molecular complexity index is 455. The largest absolute Gasteiger partial charge is 0.586 e. The average Bonchev–Trinajstić information content (AvgIpc) is 2.48. The van der Waals surface area contributed by atoms with Crippen molar-refractivity contribution in [1.82, 2.24) is 0 Å². The number of fused-ring (bicyclic) bond motifs is 1. The van der Waals surface area contributed by atoms with Gasteiger partial charge in [-0.15, -0.1) is 8.78 Å². The van der Waals surface area contributed by atoms with Crippen molar-refractivity contribution in [2.45, 2.75) is 19.1 Å². The molecule has 0 aliphatic carbocycles. The van der Waals surface area contributed by atoms with E-state index in [2.05, 4.69) is 9.47 Å². The Kier molecular flexibility index (Phi) is 2.42. The number of ether oxygens (including phenoxy) is 2. The van der Waals surface area contributed by atoms with Gasteiger partial charge in [0, 0.05) is 5.56 Å². The van der Waals surface area contributed by atoms with Gasteiger partial charge >= 0.3 is 12.5 Å². The molecule has 0 fully saturated rings. The first kappa shape index (κ1) is 11.9. The Hall–Kier alpha value is -1.57. The predicted octanol–water partition coefficient (Wildman–Crippen LogP) is 2.52. The van der Waals surface area contributed by atoms with Gasteiger partial charge in [0.1, 0.15) is 0 Å². The van der Waals surface area contributed by atoms with Crippen LogP contribution in [-0.2, 0) is 12.8 Å². The van der Waals surface area contributed by atoms with E-state index in [9.17, 15) is 22.0 Å². The number of hydrogen-bond acceptors (Lipinski definition) is 3. The van der Waals surface area contributed by atoms with Crippen molar-refractivity contribution in [1.29, 1.82) is 0 Å². The molecule has 94 valence electrons. The predicted molar refractivity (Wildman–Crippen MR) is 43.6 cm³/mol. The molecule has 0 saturated heterocycles. The molecule has 1 aromatic rings. The summed E-state index contributed by atoms with van der Waals surface area (Å²) in [5.74, 6) is -1.32. The summed E-state index contributed by atoms with van der Waals surface area (Å²) in [6.45, 7) is -0.869. The van der Waals surface area contributed by atoms with Gasteiger partial charge in [-0.2, -0.15) is 13.2 Å². The van der Waals surface area contributed by atoms with Crippen LogP contribution in [0, 0.1) is 0 Å². The molecule has 1 N–H and O–H groups in total. The van der Waals surface area contributed by atoms with E-state index in [1.807, 2.05) is 0 Å². The summed E-state index contributed by atoms with van der Waals surface area (Å²) < 4.78 is 70.5. The molecule has 0 unspecified atom stereocenters. The number of alkyl halides is 5. The van der Waals surface area contributed by atoms with Crippen LogP contribution < -0.4 is 9.47 Å². The molecule has 0 amide bonds. The first-order valence-corrected chi connectivity index (χ1v) is 4.34. The zero-order chi connectivity index (χ0) is 12.8. The third kappa shape index (κ3) is 2.12. The Morgan fingerprint density at radius 2 is 1.82 bits per heavy atom. The fourth-order valence-electron chi connectivity index (χ4n) is 1.40. The van der Waals surface area contributed by atoms with E-state index in [1.54, 1.807) is 0 Å². The second kappa shape index (κ2) is 3.46. The highest BCUT2D eigenvalue weighted by atomic mass is 19.4. The van der Waals surface area contributed by atoms with Crippen LogP contribution in [0.2, 0.25) is 0 Å². The van der Waals surface area contributed by atoms with Crippen molar-refractivity contribution < 1.29 is 36.5 Å². The molecular formula is C9H5F5O3. The molecule has 8 heteroatoms. The summed E-state index contributed by atoms with van der Waals surface area (Å²) in [5.41, 5.74) is -1.60. The number of hydrogen-bond donors (Lipinski definition) is 1. The molecule has 0 spiro atoms. The molecule has 1 aromatic carbocycles. The minimum atomic E-state index is -4.72. The van der Waals surface area contributed by atoms with Crippen LogP contribution in [0.15, 0.2) is 12.1 Å². The summed E-state index contributed by atoms with van der Waals surface area (Å²) in [7, 11) is 0. The van der Waals surface area contributed by atoms with Crippen LogP contribution in [0.5, 0.6) is 11.5 Å². The summed E-state index contributed by atoms with van der Waals surface area (Å²) in [4.78, 5) is 0. The van der Waals surface area contributed by atoms with E-state index < -0.39 is 41.7 Å². The fraction of sp³-hybridized carbons (Fsp3) is 0.333. The molecule has 2 rings (SSSR count). The van der Waals surface area contributed by atoms with Gasteiger partial charge in [-0.1, -0.05) is 0 Å². The standard InChI is InChI=1S/C9H5F5O3/c10-8(11,12)5-1-4(3-15)7-6(2-5)16-9(13,14)17-7/h1-2,15H,3H2. The van der Waals surface area contributed by atoms with Gasteiger partial charge < -0.3 is 14.6 Å². The molecule has 1 heterocycles. The zero-order valence-corrected chi connectivity index (χ0v) is 8.02. The van der Waals surface area contributed by atoms with Gasteiger partial charge in [0.2, 0.25) is 0 Å². The smallest absolute Gasteiger partial charge is 0.395 e. The normalized spacial score (nSPS) is 17.3. The molecule has 1 aliphatic heterocycles. The van der Waals surface area contributed by atoms with Crippen molar-refractivity contribution in [3.63, 3.8) is 0 Å². The lowest BCUT2D eigenvalue weighted by Gasteiger charge is -2.09. The van der Waals surface area contributed by atoms with Crippen molar-refractivity contribution in [3.05, 3.63) is 23.3 Å². The lowest BCUT2D eigenvalue weighted by atomic mass is 10.1. The monoisotopic (exact) mass is 256 g/mol. The molecule has 0 saturated carbocycles.